The van der Waals surface area contributed by atoms with Crippen molar-refractivity contribution in [2.24, 2.45) is 0 Å². The molecular formula is C8H18O5P+. The lowest BCUT2D eigenvalue weighted by atomic mass is 10.3. The van der Waals surface area contributed by atoms with Crippen LogP contribution in [0, 0.1) is 0 Å². The zero-order valence-corrected chi connectivity index (χ0v) is 9.44. The van der Waals surface area contributed by atoms with Gasteiger partial charge in [-0.1, -0.05) is 35.7 Å². The predicted molar refractivity (Wildman–Crippen MR) is 51.6 cm³/mol. The second kappa shape index (κ2) is 8.26. The molecule has 0 radical (unpaired) electrons. The van der Waals surface area contributed by atoms with E-state index in [4.69, 9.17) is 10.2 Å². The predicted octanol–water partition coefficient (Wildman–Crippen LogP) is 1.91. The number of aliphatic hydroxyl groups excluding tert-OH is 2. The molecule has 0 aliphatic rings. The highest BCUT2D eigenvalue weighted by Crippen LogP contribution is 2.28. The largest absolute Gasteiger partial charge is 0.702 e. The number of hydrogen-bond donors (Lipinski definition) is 2. The van der Waals surface area contributed by atoms with E-state index in [0.29, 0.717) is 12.8 Å². The first-order valence-corrected chi connectivity index (χ1v) is 5.86. The van der Waals surface area contributed by atoms with Crippen molar-refractivity contribution in [2.45, 2.75) is 52.1 Å². The van der Waals surface area contributed by atoms with Crippen LogP contribution in [0.3, 0.4) is 0 Å². The molecule has 2 atom stereocenters. The first-order chi connectivity index (χ1) is 6.60. The first kappa shape index (κ1) is 13.9. The third kappa shape index (κ3) is 7.35. The minimum atomic E-state index is -2.43. The van der Waals surface area contributed by atoms with Gasteiger partial charge >= 0.3 is 8.25 Å². The second-order valence-corrected chi connectivity index (χ2v) is 3.79. The molecule has 0 rings (SSSR count). The van der Waals surface area contributed by atoms with E-state index >= 15 is 0 Å². The molecule has 2 unspecified atom stereocenters. The Morgan fingerprint density at radius 1 is 1.07 bits per heavy atom. The van der Waals surface area contributed by atoms with Gasteiger partial charge in [-0.2, -0.15) is 0 Å². The third-order valence-corrected chi connectivity index (χ3v) is 2.32. The van der Waals surface area contributed by atoms with Gasteiger partial charge in [-0.05, 0) is 0 Å². The van der Waals surface area contributed by atoms with Gasteiger partial charge < -0.3 is 10.2 Å². The van der Waals surface area contributed by atoms with E-state index in [9.17, 15) is 4.57 Å². The fourth-order valence-corrected chi connectivity index (χ4v) is 1.48. The molecule has 84 valence electrons. The summed E-state index contributed by atoms with van der Waals surface area (Å²) in [6.07, 6.45) is 0.0710. The molecule has 0 spiro atoms. The summed E-state index contributed by atoms with van der Waals surface area (Å²) in [6.45, 7) is 3.73. The maximum absolute atomic E-state index is 11.0. The molecule has 0 aromatic rings. The van der Waals surface area contributed by atoms with Gasteiger partial charge in [0.05, 0.1) is 0 Å². The van der Waals surface area contributed by atoms with Crippen LogP contribution >= 0.6 is 8.25 Å². The van der Waals surface area contributed by atoms with Crippen LogP contribution in [0.15, 0.2) is 0 Å². The van der Waals surface area contributed by atoms with Crippen LogP contribution in [0.1, 0.15) is 39.5 Å². The molecule has 0 heterocycles. The molecule has 0 fully saturated rings. The SMILES string of the molecule is CCCC(O)O[P+](=O)OC(O)CCC. The van der Waals surface area contributed by atoms with Crippen LogP contribution in [-0.4, -0.2) is 22.8 Å². The smallest absolute Gasteiger partial charge is 0.364 e. The van der Waals surface area contributed by atoms with Gasteiger partial charge in [0.2, 0.25) is 12.6 Å². The summed E-state index contributed by atoms with van der Waals surface area (Å²) in [7, 11) is -2.43. The van der Waals surface area contributed by atoms with Crippen LogP contribution in [0.2, 0.25) is 0 Å². The molecule has 0 saturated carbocycles. The topological polar surface area (TPSA) is 76.0 Å². The van der Waals surface area contributed by atoms with E-state index < -0.39 is 20.8 Å². The van der Waals surface area contributed by atoms with Crippen molar-refractivity contribution in [3.63, 3.8) is 0 Å². The summed E-state index contributed by atoms with van der Waals surface area (Å²) >= 11 is 0. The average Bonchev–Trinajstić information content (AvgIpc) is 2.03. The van der Waals surface area contributed by atoms with Crippen LogP contribution in [0.5, 0.6) is 0 Å². The fraction of sp³-hybridized carbons (Fsp3) is 1.00. The van der Waals surface area contributed by atoms with Gasteiger partial charge in [-0.25, -0.2) is 0 Å². The van der Waals surface area contributed by atoms with Gasteiger partial charge in [-0.3, -0.25) is 0 Å². The molecule has 0 saturated heterocycles. The lowest BCUT2D eigenvalue weighted by molar-refractivity contribution is -0.0637. The number of aliphatic hydroxyl groups is 2. The van der Waals surface area contributed by atoms with Crippen molar-refractivity contribution in [3.8, 4) is 0 Å². The Morgan fingerprint density at radius 3 is 1.71 bits per heavy atom. The van der Waals surface area contributed by atoms with Crippen LogP contribution in [0.25, 0.3) is 0 Å². The molecule has 0 aromatic carbocycles. The molecule has 5 nitrogen and oxygen atoms in total. The maximum Gasteiger partial charge on any atom is 0.702 e. The Morgan fingerprint density at radius 2 is 1.43 bits per heavy atom. The monoisotopic (exact) mass is 225 g/mol. The van der Waals surface area contributed by atoms with Gasteiger partial charge in [0.1, 0.15) is 0 Å². The standard InChI is InChI=1S/C8H18O5P/c1-3-5-7(9)12-14(11)13-8(10)6-4-2/h7-10H,3-6H2,1-2H3/q+1. The zero-order chi connectivity index (χ0) is 11.0. The van der Waals surface area contributed by atoms with E-state index in [0.717, 1.165) is 12.8 Å². The van der Waals surface area contributed by atoms with Crippen molar-refractivity contribution in [1.82, 2.24) is 0 Å². The quantitative estimate of drug-likeness (QED) is 0.487. The summed E-state index contributed by atoms with van der Waals surface area (Å²) < 4.78 is 20.2. The summed E-state index contributed by atoms with van der Waals surface area (Å²) in [6, 6.07) is 0. The minimum absolute atomic E-state index is 0.397. The highest BCUT2D eigenvalue weighted by atomic mass is 31.1. The molecule has 2 N–H and O–H groups in total. The molecule has 0 aliphatic carbocycles. The fourth-order valence-electron chi connectivity index (χ4n) is 0.823. The molecule has 0 aliphatic heterocycles. The van der Waals surface area contributed by atoms with Crippen LogP contribution < -0.4 is 0 Å². The first-order valence-electron chi connectivity index (χ1n) is 4.77. The molecule has 0 amide bonds. The summed E-state index contributed by atoms with van der Waals surface area (Å²) in [5.74, 6) is 0. The minimum Gasteiger partial charge on any atom is -0.364 e. The highest BCUT2D eigenvalue weighted by molar-refractivity contribution is 7.33. The van der Waals surface area contributed by atoms with E-state index in [1.807, 2.05) is 13.8 Å². The van der Waals surface area contributed by atoms with Crippen LogP contribution in [0.4, 0.5) is 0 Å². The molecule has 6 heteroatoms. The van der Waals surface area contributed by atoms with Crippen molar-refractivity contribution >= 4 is 8.25 Å². The molecule has 0 bridgehead atoms. The summed E-state index contributed by atoms with van der Waals surface area (Å²) in [4.78, 5) is 0. The van der Waals surface area contributed by atoms with Crippen LogP contribution in [-0.2, 0) is 13.6 Å². The molecule has 0 aromatic heterocycles. The van der Waals surface area contributed by atoms with E-state index in [2.05, 4.69) is 9.05 Å². The Hall–Kier alpha value is -0.0600. The normalized spacial score (nSPS) is 16.4. The van der Waals surface area contributed by atoms with E-state index in [1.165, 1.54) is 0 Å². The van der Waals surface area contributed by atoms with E-state index in [1.54, 1.807) is 0 Å². The van der Waals surface area contributed by atoms with Gasteiger partial charge in [0, 0.05) is 17.4 Å². The second-order valence-electron chi connectivity index (χ2n) is 2.92. The number of rotatable bonds is 8. The Balaban J connectivity index is 3.63. The Kier molecular flexibility index (Phi) is 8.23. The van der Waals surface area contributed by atoms with Crippen molar-refractivity contribution in [2.75, 3.05) is 0 Å². The summed E-state index contributed by atoms with van der Waals surface area (Å²) in [5, 5.41) is 18.2. The van der Waals surface area contributed by atoms with Crippen molar-refractivity contribution < 1.29 is 23.8 Å². The lowest BCUT2D eigenvalue weighted by Crippen LogP contribution is -2.11. The Bertz CT molecular complexity index is 148. The Labute approximate surface area is 85.0 Å². The van der Waals surface area contributed by atoms with Crippen molar-refractivity contribution in [3.05, 3.63) is 0 Å². The molecule has 14 heavy (non-hydrogen) atoms. The summed E-state index contributed by atoms with van der Waals surface area (Å²) in [5.41, 5.74) is 0. The third-order valence-electron chi connectivity index (χ3n) is 1.49. The molecular weight excluding hydrogens is 207 g/mol. The maximum atomic E-state index is 11.0. The van der Waals surface area contributed by atoms with Crippen molar-refractivity contribution in [1.29, 1.82) is 0 Å². The number of hydrogen-bond acceptors (Lipinski definition) is 5. The zero-order valence-electron chi connectivity index (χ0n) is 8.55. The highest BCUT2D eigenvalue weighted by Gasteiger charge is 2.29. The van der Waals surface area contributed by atoms with Gasteiger partial charge in [0.25, 0.3) is 0 Å². The lowest BCUT2D eigenvalue weighted by Gasteiger charge is -2.02. The average molecular weight is 225 g/mol. The van der Waals surface area contributed by atoms with E-state index in [-0.39, 0.29) is 0 Å². The van der Waals surface area contributed by atoms with Gasteiger partial charge in [0.15, 0.2) is 0 Å². The van der Waals surface area contributed by atoms with Gasteiger partial charge in [-0.15, -0.1) is 0 Å².